The van der Waals surface area contributed by atoms with E-state index in [2.05, 4.69) is 10.3 Å². The van der Waals surface area contributed by atoms with Crippen LogP contribution in [0.3, 0.4) is 0 Å². The van der Waals surface area contributed by atoms with Crippen molar-refractivity contribution in [2.24, 2.45) is 0 Å². The van der Waals surface area contributed by atoms with E-state index >= 15 is 0 Å². The molecule has 0 spiro atoms. The van der Waals surface area contributed by atoms with Crippen LogP contribution in [0.15, 0.2) is 12.3 Å². The number of ether oxygens (including phenoxy) is 2. The molecule has 0 aliphatic rings. The highest BCUT2D eigenvalue weighted by molar-refractivity contribution is 5.98. The van der Waals surface area contributed by atoms with Crippen molar-refractivity contribution in [1.82, 2.24) is 4.98 Å². The molecule has 0 aromatic carbocycles. The predicted molar refractivity (Wildman–Crippen MR) is 84.3 cm³/mol. The van der Waals surface area contributed by atoms with Gasteiger partial charge in [-0.25, -0.2) is 14.6 Å². The highest BCUT2D eigenvalue weighted by Crippen LogP contribution is 2.32. The van der Waals surface area contributed by atoms with Gasteiger partial charge in [0.1, 0.15) is 11.2 Å². The number of hydrogen-bond donors (Lipinski definition) is 1. The third-order valence-corrected chi connectivity index (χ3v) is 2.44. The Kier molecular flexibility index (Phi) is 5.71. The Morgan fingerprint density at radius 3 is 1.96 bits per heavy atom. The summed E-state index contributed by atoms with van der Waals surface area (Å²) >= 11 is 0. The molecule has 0 atom stereocenters. The SMILES string of the molecule is CC(C)(C)OC(=O)Nc1cc(C(F)(F)F)cnc1C(=O)OC(C)(C)C. The third-order valence-electron chi connectivity index (χ3n) is 2.44. The molecule has 9 heteroatoms. The first kappa shape index (κ1) is 20.7. The zero-order valence-electron chi connectivity index (χ0n) is 14.9. The van der Waals surface area contributed by atoms with Crippen molar-refractivity contribution in [1.29, 1.82) is 0 Å². The molecule has 0 radical (unpaired) electrons. The standard InChI is InChI=1S/C16H21F3N2O4/c1-14(2,3)24-12(22)11-10(21-13(23)25-15(4,5)6)7-9(8-20-11)16(17,18)19/h7-8H,1-6H3,(H,21,23). The first-order chi connectivity index (χ1) is 11.1. The number of carbonyl (C=O) groups excluding carboxylic acids is 2. The van der Waals surface area contributed by atoms with Crippen LogP contribution in [-0.4, -0.2) is 28.2 Å². The first-order valence-corrected chi connectivity index (χ1v) is 7.39. The maximum absolute atomic E-state index is 12.9. The Morgan fingerprint density at radius 1 is 1.00 bits per heavy atom. The molecule has 0 unspecified atom stereocenters. The quantitative estimate of drug-likeness (QED) is 0.789. The van der Waals surface area contributed by atoms with Gasteiger partial charge in [0.25, 0.3) is 0 Å². The van der Waals surface area contributed by atoms with Crippen molar-refractivity contribution in [3.63, 3.8) is 0 Å². The number of aromatic nitrogens is 1. The molecule has 1 aromatic heterocycles. The van der Waals surface area contributed by atoms with Gasteiger partial charge in [-0.05, 0) is 47.6 Å². The Morgan fingerprint density at radius 2 is 1.52 bits per heavy atom. The predicted octanol–water partition coefficient (Wildman–Crippen LogP) is 4.40. The summed E-state index contributed by atoms with van der Waals surface area (Å²) in [4.78, 5) is 27.5. The van der Waals surface area contributed by atoms with Gasteiger partial charge in [-0.3, -0.25) is 5.32 Å². The minimum absolute atomic E-state index is 0.446. The summed E-state index contributed by atoms with van der Waals surface area (Å²) in [6.07, 6.45) is -5.21. The number of esters is 1. The van der Waals surface area contributed by atoms with Crippen LogP contribution < -0.4 is 5.32 Å². The normalized spacial score (nSPS) is 12.5. The van der Waals surface area contributed by atoms with Gasteiger partial charge in [-0.1, -0.05) is 0 Å². The molecular formula is C16H21F3N2O4. The van der Waals surface area contributed by atoms with E-state index in [0.717, 1.165) is 0 Å². The van der Waals surface area contributed by atoms with Gasteiger partial charge in [0, 0.05) is 6.20 Å². The fourth-order valence-corrected chi connectivity index (χ4v) is 1.62. The molecule has 140 valence electrons. The molecule has 0 aliphatic heterocycles. The lowest BCUT2D eigenvalue weighted by molar-refractivity contribution is -0.137. The monoisotopic (exact) mass is 362 g/mol. The van der Waals surface area contributed by atoms with E-state index in [-0.39, 0.29) is 0 Å². The fourth-order valence-electron chi connectivity index (χ4n) is 1.62. The van der Waals surface area contributed by atoms with Crippen molar-refractivity contribution < 1.29 is 32.2 Å². The van der Waals surface area contributed by atoms with Crippen molar-refractivity contribution in [3.05, 3.63) is 23.5 Å². The van der Waals surface area contributed by atoms with Crippen LogP contribution >= 0.6 is 0 Å². The van der Waals surface area contributed by atoms with Crippen LogP contribution in [0.25, 0.3) is 0 Å². The number of alkyl halides is 3. The summed E-state index contributed by atoms with van der Waals surface area (Å²) in [6, 6.07) is 0.607. The molecule has 0 fully saturated rings. The molecule has 0 saturated carbocycles. The molecule has 1 N–H and O–H groups in total. The second-order valence-electron chi connectivity index (χ2n) is 7.25. The lowest BCUT2D eigenvalue weighted by Gasteiger charge is -2.22. The number of nitrogens with zero attached hydrogens (tertiary/aromatic N) is 1. The molecule has 0 saturated heterocycles. The van der Waals surface area contributed by atoms with E-state index in [1.807, 2.05) is 0 Å². The van der Waals surface area contributed by atoms with Crippen LogP contribution in [0.5, 0.6) is 0 Å². The average Bonchev–Trinajstić information content (AvgIpc) is 2.32. The Hall–Kier alpha value is -2.32. The maximum Gasteiger partial charge on any atom is 0.417 e. The second kappa shape index (κ2) is 6.89. The number of halogens is 3. The average molecular weight is 362 g/mol. The number of hydrogen-bond acceptors (Lipinski definition) is 5. The minimum atomic E-state index is -4.69. The number of pyridine rings is 1. The lowest BCUT2D eigenvalue weighted by Crippen LogP contribution is -2.29. The summed E-state index contributed by atoms with van der Waals surface area (Å²) in [5.74, 6) is -0.965. The summed E-state index contributed by atoms with van der Waals surface area (Å²) in [5.41, 5.74) is -3.77. The van der Waals surface area contributed by atoms with Gasteiger partial charge < -0.3 is 9.47 Å². The molecule has 1 amide bonds. The molecule has 1 aromatic rings. The second-order valence-corrected chi connectivity index (χ2v) is 7.25. The van der Waals surface area contributed by atoms with Gasteiger partial charge in [-0.2, -0.15) is 13.2 Å². The molecule has 0 aliphatic carbocycles. The molecule has 6 nitrogen and oxygen atoms in total. The number of carbonyl (C=O) groups is 2. The van der Waals surface area contributed by atoms with Crippen molar-refractivity contribution >= 4 is 17.7 Å². The molecule has 1 heterocycles. The zero-order valence-corrected chi connectivity index (χ0v) is 14.9. The Balaban J connectivity index is 3.24. The Bertz CT molecular complexity index is 659. The minimum Gasteiger partial charge on any atom is -0.455 e. The van der Waals surface area contributed by atoms with Crippen molar-refractivity contribution in [2.75, 3.05) is 5.32 Å². The van der Waals surface area contributed by atoms with Crippen molar-refractivity contribution in [2.45, 2.75) is 58.9 Å². The summed E-state index contributed by atoms with van der Waals surface area (Å²) < 4.78 is 48.7. The first-order valence-electron chi connectivity index (χ1n) is 7.39. The zero-order chi connectivity index (χ0) is 19.6. The molecule has 25 heavy (non-hydrogen) atoms. The van der Waals surface area contributed by atoms with E-state index < -0.39 is 46.4 Å². The number of nitrogens with one attached hydrogen (secondary N) is 1. The highest BCUT2D eigenvalue weighted by atomic mass is 19.4. The van der Waals surface area contributed by atoms with Crippen LogP contribution in [-0.2, 0) is 15.7 Å². The van der Waals surface area contributed by atoms with Gasteiger partial charge in [0.2, 0.25) is 0 Å². The van der Waals surface area contributed by atoms with E-state index in [1.165, 1.54) is 0 Å². The van der Waals surface area contributed by atoms with Crippen LogP contribution in [0.2, 0.25) is 0 Å². The summed E-state index contributed by atoms with van der Waals surface area (Å²) in [6.45, 7) is 9.55. The molecular weight excluding hydrogens is 341 g/mol. The fraction of sp³-hybridized carbons (Fsp3) is 0.562. The number of amides is 1. The van der Waals surface area contributed by atoms with Crippen LogP contribution in [0, 0.1) is 0 Å². The number of anilines is 1. The molecule has 0 bridgehead atoms. The molecule has 1 rings (SSSR count). The van der Waals surface area contributed by atoms with Crippen LogP contribution in [0.1, 0.15) is 57.6 Å². The van der Waals surface area contributed by atoms with E-state index in [4.69, 9.17) is 9.47 Å². The van der Waals surface area contributed by atoms with Crippen molar-refractivity contribution in [3.8, 4) is 0 Å². The van der Waals surface area contributed by atoms with E-state index in [9.17, 15) is 22.8 Å². The van der Waals surface area contributed by atoms with Gasteiger partial charge >= 0.3 is 18.2 Å². The summed E-state index contributed by atoms with van der Waals surface area (Å²) in [7, 11) is 0. The number of rotatable bonds is 2. The van der Waals surface area contributed by atoms with E-state index in [0.29, 0.717) is 12.3 Å². The van der Waals surface area contributed by atoms with E-state index in [1.54, 1.807) is 41.5 Å². The topological polar surface area (TPSA) is 77.5 Å². The van der Waals surface area contributed by atoms with Crippen LogP contribution in [0.4, 0.5) is 23.7 Å². The third kappa shape index (κ3) is 6.98. The smallest absolute Gasteiger partial charge is 0.417 e. The van der Waals surface area contributed by atoms with Gasteiger partial charge in [0.05, 0.1) is 11.3 Å². The Labute approximate surface area is 143 Å². The lowest BCUT2D eigenvalue weighted by atomic mass is 10.1. The largest absolute Gasteiger partial charge is 0.455 e. The van der Waals surface area contributed by atoms with Gasteiger partial charge in [0.15, 0.2) is 5.69 Å². The summed E-state index contributed by atoms with van der Waals surface area (Å²) in [5, 5.41) is 2.12. The highest BCUT2D eigenvalue weighted by Gasteiger charge is 2.33. The van der Waals surface area contributed by atoms with Gasteiger partial charge in [-0.15, -0.1) is 0 Å². The maximum atomic E-state index is 12.9.